The lowest BCUT2D eigenvalue weighted by molar-refractivity contribution is -0.870. The number of carboxylic acids is 1. The highest BCUT2D eigenvalue weighted by molar-refractivity contribution is 5.71. The molecule has 0 aromatic rings. The normalized spacial score (nSPS) is 13.0. The molecule has 9 heteroatoms. The SMILES string of the molecule is CCCCCCC/C=C\C/C=C\CCCCCCCCCCCCCCCCCCCC(=O)OC(COC(=O)CCCCCCC)COC(OCC[N+](C)(C)C)C(=O)O. The van der Waals surface area contributed by atoms with Gasteiger partial charge in [-0.05, 0) is 44.9 Å². The van der Waals surface area contributed by atoms with Crippen LogP contribution in [0.5, 0.6) is 0 Å². The van der Waals surface area contributed by atoms with Crippen molar-refractivity contribution in [2.75, 3.05) is 47.5 Å². The molecule has 0 bridgehead atoms. The maximum atomic E-state index is 12.7. The molecule has 0 aliphatic carbocycles. The number of carbonyl (C=O) groups excluding carboxylic acids is 2. The van der Waals surface area contributed by atoms with Crippen molar-refractivity contribution in [2.24, 2.45) is 0 Å². The van der Waals surface area contributed by atoms with Crippen molar-refractivity contribution in [1.29, 1.82) is 0 Å². The molecule has 0 saturated heterocycles. The summed E-state index contributed by atoms with van der Waals surface area (Å²) in [7, 11) is 5.95. The van der Waals surface area contributed by atoms with Crippen LogP contribution in [0.3, 0.4) is 0 Å². The summed E-state index contributed by atoms with van der Waals surface area (Å²) in [6, 6.07) is 0. The number of carboxylic acid groups (broad SMARTS) is 1. The molecule has 0 aromatic carbocycles. The number of aliphatic carboxylic acids is 1. The van der Waals surface area contributed by atoms with E-state index in [0.29, 0.717) is 17.4 Å². The van der Waals surface area contributed by atoms with E-state index in [1.807, 2.05) is 21.1 Å². The van der Waals surface area contributed by atoms with Crippen molar-refractivity contribution in [3.05, 3.63) is 24.3 Å². The number of likely N-dealkylation sites (N-methyl/N-ethyl adjacent to an activating group) is 1. The number of carbonyl (C=O) groups is 3. The fourth-order valence-corrected chi connectivity index (χ4v) is 6.87. The van der Waals surface area contributed by atoms with Crippen LogP contribution in [0.2, 0.25) is 0 Å². The fourth-order valence-electron chi connectivity index (χ4n) is 6.87. The number of quaternary nitrogens is 1. The third-order valence-electron chi connectivity index (χ3n) is 10.7. The maximum absolute atomic E-state index is 12.7. The quantitative estimate of drug-likeness (QED) is 0.0212. The Hall–Kier alpha value is -2.23. The molecule has 0 fully saturated rings. The molecular weight excluding hydrogens is 743 g/mol. The smallest absolute Gasteiger partial charge is 0.361 e. The van der Waals surface area contributed by atoms with E-state index in [1.165, 1.54) is 135 Å². The van der Waals surface area contributed by atoms with Gasteiger partial charge >= 0.3 is 17.9 Å². The van der Waals surface area contributed by atoms with Crippen LogP contribution in [0, 0.1) is 0 Å². The van der Waals surface area contributed by atoms with Crippen molar-refractivity contribution in [3.8, 4) is 0 Å². The highest BCUT2D eigenvalue weighted by Crippen LogP contribution is 2.16. The average Bonchev–Trinajstić information content (AvgIpc) is 3.19. The van der Waals surface area contributed by atoms with E-state index in [2.05, 4.69) is 38.2 Å². The van der Waals surface area contributed by atoms with Crippen molar-refractivity contribution < 1.29 is 42.9 Å². The van der Waals surface area contributed by atoms with E-state index >= 15 is 0 Å². The van der Waals surface area contributed by atoms with Crippen LogP contribution in [-0.2, 0) is 33.3 Å². The molecular formula is C50H94NO8+. The second-order valence-electron chi connectivity index (χ2n) is 17.8. The Balaban J connectivity index is 3.98. The fraction of sp³-hybridized carbons (Fsp3) is 0.860. The van der Waals surface area contributed by atoms with E-state index in [9.17, 15) is 19.5 Å². The molecule has 0 amide bonds. The van der Waals surface area contributed by atoms with Gasteiger partial charge in [0.2, 0.25) is 0 Å². The number of rotatable bonds is 45. The summed E-state index contributed by atoms with van der Waals surface area (Å²) in [6.45, 7) is 4.78. The molecule has 0 saturated carbocycles. The van der Waals surface area contributed by atoms with Gasteiger partial charge in [0.05, 0.1) is 34.4 Å². The van der Waals surface area contributed by atoms with Crippen LogP contribution in [0.15, 0.2) is 24.3 Å². The lowest BCUT2D eigenvalue weighted by Crippen LogP contribution is -2.40. The molecule has 346 valence electrons. The highest BCUT2D eigenvalue weighted by Gasteiger charge is 2.25. The van der Waals surface area contributed by atoms with Gasteiger partial charge in [0.15, 0.2) is 6.10 Å². The molecule has 9 nitrogen and oxygen atoms in total. The predicted molar refractivity (Wildman–Crippen MR) is 244 cm³/mol. The summed E-state index contributed by atoms with van der Waals surface area (Å²) < 4.78 is 22.6. The van der Waals surface area contributed by atoms with E-state index in [1.54, 1.807) is 0 Å². The van der Waals surface area contributed by atoms with Gasteiger partial charge in [-0.3, -0.25) is 9.59 Å². The zero-order valence-electron chi connectivity index (χ0n) is 39.2. The number of unbranched alkanes of at least 4 members (excludes halogenated alkanes) is 26. The first-order chi connectivity index (χ1) is 28.6. The summed E-state index contributed by atoms with van der Waals surface area (Å²) in [6.07, 6.45) is 44.5. The highest BCUT2D eigenvalue weighted by atomic mass is 16.7. The summed E-state index contributed by atoms with van der Waals surface area (Å²) >= 11 is 0. The van der Waals surface area contributed by atoms with Crippen LogP contribution < -0.4 is 0 Å². The van der Waals surface area contributed by atoms with Gasteiger partial charge in [-0.15, -0.1) is 0 Å². The van der Waals surface area contributed by atoms with Crippen LogP contribution in [0.1, 0.15) is 219 Å². The van der Waals surface area contributed by atoms with Gasteiger partial charge in [0.1, 0.15) is 13.2 Å². The van der Waals surface area contributed by atoms with Gasteiger partial charge in [0.25, 0.3) is 6.29 Å². The average molecular weight is 837 g/mol. The summed E-state index contributed by atoms with van der Waals surface area (Å²) in [5.41, 5.74) is 0. The minimum atomic E-state index is -1.50. The van der Waals surface area contributed by atoms with E-state index in [-0.39, 0.29) is 32.2 Å². The molecule has 2 atom stereocenters. The predicted octanol–water partition coefficient (Wildman–Crippen LogP) is 13.2. The van der Waals surface area contributed by atoms with Gasteiger partial charge in [-0.25, -0.2) is 4.79 Å². The Kier molecular flexibility index (Phi) is 40.9. The minimum absolute atomic E-state index is 0.179. The second-order valence-corrected chi connectivity index (χ2v) is 17.8. The van der Waals surface area contributed by atoms with Crippen LogP contribution in [-0.4, -0.2) is 87.4 Å². The van der Waals surface area contributed by atoms with Crippen LogP contribution >= 0.6 is 0 Å². The Bertz CT molecular complexity index is 1020. The molecule has 0 spiro atoms. The molecule has 59 heavy (non-hydrogen) atoms. The standard InChI is InChI=1S/C50H93NO8/c1-6-8-10-12-13-14-15-16-17-18-19-20-21-22-23-24-25-26-27-28-29-30-31-32-33-34-35-37-39-41-48(53)59-46(44-57-47(52)40-38-36-11-9-7-2)45-58-50(49(54)55)56-43-42-51(3,4)5/h15-16,18-19,46,50H,6-14,17,20-45H2,1-5H3/p+1/b16-15-,19-18-. The third-order valence-corrected chi connectivity index (χ3v) is 10.7. The van der Waals surface area contributed by atoms with Crippen molar-refractivity contribution >= 4 is 17.9 Å². The first kappa shape index (κ1) is 56.8. The molecule has 2 unspecified atom stereocenters. The topological polar surface area (TPSA) is 108 Å². The van der Waals surface area contributed by atoms with Crippen LogP contribution in [0.4, 0.5) is 0 Å². The first-order valence-electron chi connectivity index (χ1n) is 24.5. The van der Waals surface area contributed by atoms with Crippen molar-refractivity contribution in [1.82, 2.24) is 0 Å². The monoisotopic (exact) mass is 837 g/mol. The number of ether oxygens (including phenoxy) is 4. The third kappa shape index (κ3) is 43.7. The number of allylic oxidation sites excluding steroid dienone is 4. The maximum Gasteiger partial charge on any atom is 0.361 e. The van der Waals surface area contributed by atoms with E-state index in [4.69, 9.17) is 18.9 Å². The van der Waals surface area contributed by atoms with Gasteiger partial charge in [0, 0.05) is 12.8 Å². The Morgan fingerprint density at radius 3 is 1.34 bits per heavy atom. The lowest BCUT2D eigenvalue weighted by atomic mass is 10.0. The zero-order valence-corrected chi connectivity index (χ0v) is 39.2. The van der Waals surface area contributed by atoms with Crippen molar-refractivity contribution in [2.45, 2.75) is 232 Å². The van der Waals surface area contributed by atoms with E-state index < -0.39 is 24.3 Å². The number of nitrogens with zero attached hydrogens (tertiary/aromatic N) is 1. The molecule has 1 N–H and O–H groups in total. The summed E-state index contributed by atoms with van der Waals surface area (Å²) in [5, 5.41) is 9.59. The zero-order chi connectivity index (χ0) is 43.5. The molecule has 0 radical (unpaired) electrons. The molecule has 0 aliphatic heterocycles. The lowest BCUT2D eigenvalue weighted by Gasteiger charge is -2.25. The Morgan fingerprint density at radius 1 is 0.508 bits per heavy atom. The second kappa shape index (κ2) is 42.5. The summed E-state index contributed by atoms with van der Waals surface area (Å²) in [5.74, 6) is -2.01. The largest absolute Gasteiger partial charge is 0.477 e. The van der Waals surface area contributed by atoms with Crippen molar-refractivity contribution in [3.63, 3.8) is 0 Å². The van der Waals surface area contributed by atoms with Crippen LogP contribution in [0.25, 0.3) is 0 Å². The minimum Gasteiger partial charge on any atom is -0.477 e. The van der Waals surface area contributed by atoms with E-state index in [0.717, 1.165) is 57.8 Å². The van der Waals surface area contributed by atoms with Gasteiger partial charge in [-0.2, -0.15) is 0 Å². The molecule has 0 aliphatic rings. The molecule has 0 heterocycles. The number of hydrogen-bond donors (Lipinski definition) is 1. The summed E-state index contributed by atoms with van der Waals surface area (Å²) in [4.78, 5) is 36.8. The van der Waals surface area contributed by atoms with Gasteiger partial charge < -0.3 is 28.5 Å². The number of esters is 2. The van der Waals surface area contributed by atoms with Gasteiger partial charge in [-0.1, -0.05) is 186 Å². The Labute approximate surface area is 363 Å². The molecule has 0 aromatic heterocycles. The number of hydrogen-bond acceptors (Lipinski definition) is 7. The Morgan fingerprint density at radius 2 is 0.915 bits per heavy atom. The first-order valence-corrected chi connectivity index (χ1v) is 24.5. The molecule has 0 rings (SSSR count).